The minimum atomic E-state index is -2.47. The number of hydrogen-bond donors (Lipinski definition) is 22. The normalized spacial score (nSPS) is 20.9. The molecule has 2 heterocycles. The van der Waals surface area contributed by atoms with Gasteiger partial charge in [0.2, 0.25) is 82.7 Å². The number of aliphatic carboxylic acids is 4. The van der Waals surface area contributed by atoms with Crippen molar-refractivity contribution in [2.75, 3.05) is 32.0 Å². The van der Waals surface area contributed by atoms with Crippen LogP contribution in [0.4, 0.5) is 5.69 Å². The third-order valence-corrected chi connectivity index (χ3v) is 18.7. The van der Waals surface area contributed by atoms with Crippen molar-refractivity contribution in [2.24, 2.45) is 17.4 Å². The van der Waals surface area contributed by atoms with Crippen LogP contribution in [-0.4, -0.2) is 248 Å². The van der Waals surface area contributed by atoms with Crippen LogP contribution < -0.4 is 86.3 Å². The summed E-state index contributed by atoms with van der Waals surface area (Å²) in [5.74, 6) is -30.2. The Labute approximate surface area is 685 Å². The van der Waals surface area contributed by atoms with Gasteiger partial charge in [0.05, 0.1) is 51.8 Å². The van der Waals surface area contributed by atoms with E-state index in [-0.39, 0.29) is 30.6 Å². The van der Waals surface area contributed by atoms with Crippen LogP contribution >= 0.6 is 0 Å². The fourth-order valence-electron chi connectivity index (χ4n) is 12.2. The summed E-state index contributed by atoms with van der Waals surface area (Å²) in [5.41, 5.74) is 20.3. The number of carbonyl (C=O) groups is 20. The monoisotopic (exact) mass is 1680 g/mol. The number of primary amides is 1. The first-order valence-corrected chi connectivity index (χ1v) is 38.0. The molecule has 1 saturated heterocycles. The zero-order valence-corrected chi connectivity index (χ0v) is 66.2. The number of Topliss-reactive ketones (excluding diaryl/α,β-unsaturated/α-hetero) is 1. The SMILES string of the molecule is CCCCCc1ccc(/C(C)=C/C(=O)N[C@@H](Cc2c[nH]c3ccccc23)C(=O)N[C@H](CC(N)=O)C(=O)N[C@@H](CC(=O)O)C(=O)NC2C(=O)NCC(=O)N[C@@H](CCCN)C(=O)NC(CC(=O)O)C(=O)N[C@H](C)C(=O)N[C@@H](CC(=O)O)C(=O)NCC(=O)N[C@H](CO)C(=O)N[C@@H]([C@H](C)CC(=O)O)C(=O)N[C@@H](CC(=O)c3ccccc3N)C(=O)O[C@@H]2C)cc1. The fraction of sp³-hybridized carbons (Fsp3) is 0.455. The maximum atomic E-state index is 14.9. The van der Waals surface area contributed by atoms with Crippen molar-refractivity contribution < 1.29 is 126 Å². The maximum Gasteiger partial charge on any atom is 0.329 e. The van der Waals surface area contributed by atoms with Crippen LogP contribution in [0, 0.1) is 5.92 Å². The number of aromatic nitrogens is 1. The predicted molar refractivity (Wildman–Crippen MR) is 421 cm³/mol. The molecule has 25 N–H and O–H groups in total. The molecule has 1 aliphatic rings. The zero-order chi connectivity index (χ0) is 89.2. The first kappa shape index (κ1) is 96.8. The van der Waals surface area contributed by atoms with E-state index in [2.05, 4.69) is 65.1 Å². The van der Waals surface area contributed by atoms with Gasteiger partial charge in [0.15, 0.2) is 5.78 Å². The summed E-state index contributed by atoms with van der Waals surface area (Å²) in [4.78, 5) is 278. The van der Waals surface area contributed by atoms with Crippen LogP contribution in [0.15, 0.2) is 85.1 Å². The van der Waals surface area contributed by atoms with E-state index in [0.717, 1.165) is 52.0 Å². The van der Waals surface area contributed by atoms with Crippen LogP contribution in [0.1, 0.15) is 132 Å². The van der Waals surface area contributed by atoms with E-state index in [9.17, 15) is 121 Å². The molecule has 0 aliphatic carbocycles. The molecule has 1 aromatic heterocycles. The minimum Gasteiger partial charge on any atom is -0.481 e. The number of aliphatic hydroxyl groups is 1. The van der Waals surface area contributed by atoms with Crippen molar-refractivity contribution in [1.82, 2.24) is 74.1 Å². The highest BCUT2D eigenvalue weighted by atomic mass is 16.5. The molecule has 1 aliphatic heterocycles. The number of ether oxygens (including phenoxy) is 1. The molecule has 0 spiro atoms. The van der Waals surface area contributed by atoms with Gasteiger partial charge in [-0.2, -0.15) is 0 Å². The Morgan fingerprint density at radius 3 is 1.73 bits per heavy atom. The van der Waals surface area contributed by atoms with E-state index in [0.29, 0.717) is 27.6 Å². The number of benzene rings is 3. The quantitative estimate of drug-likeness (QED) is 0.00699. The molecule has 0 radical (unpaired) electrons. The number of allylic oxidation sites excluding steroid dienone is 1. The van der Waals surface area contributed by atoms with Gasteiger partial charge in [0.1, 0.15) is 72.6 Å². The fourth-order valence-corrected chi connectivity index (χ4v) is 12.2. The molecule has 13 atom stereocenters. The predicted octanol–water partition coefficient (Wildman–Crippen LogP) is -4.93. The van der Waals surface area contributed by atoms with E-state index >= 15 is 0 Å². The summed E-state index contributed by atoms with van der Waals surface area (Å²) in [6.45, 7) is 2.75. The van der Waals surface area contributed by atoms with E-state index in [4.69, 9.17) is 21.9 Å². The lowest BCUT2D eigenvalue weighted by Gasteiger charge is -2.30. The lowest BCUT2D eigenvalue weighted by molar-refractivity contribution is -0.156. The molecule has 0 bridgehead atoms. The number of carboxylic acids is 4. The molecule has 2 unspecified atom stereocenters. The Balaban J connectivity index is 1.61. The number of ketones is 1. The van der Waals surface area contributed by atoms with Crippen molar-refractivity contribution >= 4 is 140 Å². The molecule has 120 heavy (non-hydrogen) atoms. The van der Waals surface area contributed by atoms with Gasteiger partial charge in [-0.1, -0.05) is 81.3 Å². The van der Waals surface area contributed by atoms with Crippen LogP contribution in [0.2, 0.25) is 0 Å². The van der Waals surface area contributed by atoms with Crippen LogP contribution in [-0.2, 0) is 109 Å². The Hall–Kier alpha value is -13.7. The van der Waals surface area contributed by atoms with Gasteiger partial charge in [-0.05, 0) is 99.4 Å². The number of cyclic esters (lactones) is 1. The lowest BCUT2D eigenvalue weighted by atomic mass is 9.96. The molecule has 0 saturated carbocycles. The van der Waals surface area contributed by atoms with Crippen LogP contribution in [0.25, 0.3) is 16.5 Å². The Morgan fingerprint density at radius 1 is 0.575 bits per heavy atom. The number of nitrogens with two attached hydrogens (primary N) is 3. The second-order valence-electron chi connectivity index (χ2n) is 28.3. The Morgan fingerprint density at radius 2 is 1.13 bits per heavy atom. The maximum absolute atomic E-state index is 14.9. The van der Waals surface area contributed by atoms with Crippen molar-refractivity contribution in [3.05, 3.63) is 107 Å². The molecular formula is C77H101N17O26. The molecule has 43 nitrogen and oxygen atoms in total. The van der Waals surface area contributed by atoms with Gasteiger partial charge in [-0.15, -0.1) is 0 Å². The largest absolute Gasteiger partial charge is 0.481 e. The summed E-state index contributed by atoms with van der Waals surface area (Å²) in [6.07, 6.45) is -3.41. The molecule has 4 aromatic rings. The van der Waals surface area contributed by atoms with E-state index in [1.54, 1.807) is 37.4 Å². The number of fused-ring (bicyclic) bond motifs is 1. The van der Waals surface area contributed by atoms with Gasteiger partial charge in [-0.3, -0.25) is 91.1 Å². The number of amides is 14. The van der Waals surface area contributed by atoms with Gasteiger partial charge < -0.3 is 122 Å². The summed E-state index contributed by atoms with van der Waals surface area (Å²) in [6, 6.07) is -3.37. The first-order chi connectivity index (χ1) is 56.7. The number of carboxylic acid groups (broad SMARTS) is 4. The van der Waals surface area contributed by atoms with Crippen molar-refractivity contribution in [3.8, 4) is 0 Å². The third-order valence-electron chi connectivity index (χ3n) is 18.7. The Kier molecular flexibility index (Phi) is 38.3. The van der Waals surface area contributed by atoms with Gasteiger partial charge in [-0.25, -0.2) is 4.79 Å². The van der Waals surface area contributed by atoms with E-state index in [1.807, 2.05) is 40.2 Å². The second kappa shape index (κ2) is 47.5. The number of unbranched alkanes of at least 4 members (excludes halogenated alkanes) is 2. The average molecular weight is 1680 g/mol. The molecular weight excluding hydrogens is 1580 g/mol. The molecule has 43 heteroatoms. The summed E-state index contributed by atoms with van der Waals surface area (Å²) >= 11 is 0. The van der Waals surface area contributed by atoms with Crippen LogP contribution in [0.5, 0.6) is 0 Å². The van der Waals surface area contributed by atoms with E-state index < -0.39 is 261 Å². The van der Waals surface area contributed by atoms with Crippen molar-refractivity contribution in [2.45, 2.75) is 191 Å². The average Bonchev–Trinajstić information content (AvgIpc) is 1.76. The van der Waals surface area contributed by atoms with Gasteiger partial charge >= 0.3 is 29.8 Å². The zero-order valence-electron chi connectivity index (χ0n) is 66.2. The molecule has 1 fully saturated rings. The number of nitrogen functional groups attached to an aromatic ring is 1. The highest BCUT2D eigenvalue weighted by molar-refractivity contribution is 6.06. The molecule has 3 aromatic carbocycles. The van der Waals surface area contributed by atoms with Crippen molar-refractivity contribution in [3.63, 3.8) is 0 Å². The third kappa shape index (κ3) is 31.4. The Bertz CT molecular complexity index is 4490. The molecule has 5 rings (SSSR count). The molecule has 14 amide bonds. The number of rotatable bonds is 33. The topological polar surface area (TPSA) is 702 Å². The summed E-state index contributed by atoms with van der Waals surface area (Å²) in [5, 5.41) is 78.7. The molecule has 650 valence electrons. The number of nitrogens with one attached hydrogen (secondary N) is 14. The van der Waals surface area contributed by atoms with Crippen LogP contribution in [0.3, 0.4) is 0 Å². The lowest BCUT2D eigenvalue weighted by Crippen LogP contribution is -2.62. The van der Waals surface area contributed by atoms with Gasteiger partial charge in [0, 0.05) is 47.3 Å². The van der Waals surface area contributed by atoms with Crippen molar-refractivity contribution in [1.29, 1.82) is 0 Å². The smallest absolute Gasteiger partial charge is 0.329 e. The summed E-state index contributed by atoms with van der Waals surface area (Å²) in [7, 11) is 0. The number of H-pyrrole nitrogens is 1. The number of aliphatic hydroxyl groups excluding tert-OH is 1. The number of hydrogen-bond acceptors (Lipinski definition) is 24. The van der Waals surface area contributed by atoms with E-state index in [1.165, 1.54) is 30.3 Å². The standard InChI is InChI=1S/C77H101N17O26/c1-6-7-8-14-41-20-22-42(23-21-41)37(2)25-58(98)86-49(27-43-33-81-47-18-12-10-15-44(43)47)71(113)89-50(29-57(80)97)72(114)91-53(32-64(107)108)73(115)94-66-40(5)120-77(119)54(28-56(96)45-16-9-11-17-46(45)79)92-76(118)65(38(3)26-61(101)102)93-74(116)55(36-95)87-60(100)34-82-68(110)51(30-62(103)104)88-67(109)39(4)84-70(112)52(31-63(105)106)90-69(111)48(19-13-24-78)85-59(99)35-83-75(66)117/h9-12,15-18,20-23,25,33,38-40,48-55,65-66,81,95H,6-8,13-14,19,24,26-32,34-36,78-79H2,1-5H3,(H2,80,97)(H,82,110)(H,83,117)(H,84,112)(H,85,99)(H,86,98)(H,87,100)(H,88,109)(H,89,113)(H,90,111)(H,91,114)(H,92,118)(H,93,116)(H,94,115)(H,101,102)(H,103,104)(H,105,106)(H,107,108)/b37-25+/t38-,39-,40-,48+,49+,50-,51+,52?,53+,54+,55-,65+,66?/m1/s1. The minimum absolute atomic E-state index is 0.0998. The number of para-hydroxylation sites is 2. The highest BCUT2D eigenvalue weighted by Gasteiger charge is 2.41. The number of esters is 1. The first-order valence-electron chi connectivity index (χ1n) is 38.0. The number of aromatic amines is 1. The number of carbonyl (C=O) groups excluding carboxylic acids is 16. The highest BCUT2D eigenvalue weighted by Crippen LogP contribution is 2.22. The number of anilines is 1. The summed E-state index contributed by atoms with van der Waals surface area (Å²) < 4.78 is 5.69. The van der Waals surface area contributed by atoms with Gasteiger partial charge in [0.25, 0.3) is 0 Å². The second-order valence-corrected chi connectivity index (χ2v) is 28.3. The number of aryl methyl sites for hydroxylation is 1.